The van der Waals surface area contributed by atoms with E-state index in [0.29, 0.717) is 23.0 Å². The van der Waals surface area contributed by atoms with Crippen LogP contribution in [0.4, 0.5) is 5.82 Å². The molecule has 18 heavy (non-hydrogen) atoms. The van der Waals surface area contributed by atoms with Crippen molar-refractivity contribution >= 4 is 29.0 Å². The molecule has 2 rings (SSSR count). The Kier molecular flexibility index (Phi) is 3.38. The van der Waals surface area contributed by atoms with Gasteiger partial charge in [-0.3, -0.25) is 0 Å². The summed E-state index contributed by atoms with van der Waals surface area (Å²) in [4.78, 5) is 17.7. The standard InChI is InChI=1S/C11H13ClN4O2/c1-4-18-11(17)7-6-13-16-9(15(2)3)5-8(12)14-10(7)16/h5-6H,4H2,1-3H3. The van der Waals surface area contributed by atoms with Crippen LogP contribution in [0.25, 0.3) is 5.65 Å². The number of aromatic nitrogens is 3. The van der Waals surface area contributed by atoms with Gasteiger partial charge in [0, 0.05) is 20.2 Å². The Hall–Kier alpha value is -1.82. The van der Waals surface area contributed by atoms with Crippen molar-refractivity contribution in [2.24, 2.45) is 0 Å². The Morgan fingerprint density at radius 3 is 2.89 bits per heavy atom. The average molecular weight is 269 g/mol. The third-order valence-corrected chi connectivity index (χ3v) is 2.57. The molecule has 0 atom stereocenters. The van der Waals surface area contributed by atoms with Gasteiger partial charge in [0.05, 0.1) is 12.8 Å². The zero-order valence-electron chi connectivity index (χ0n) is 10.3. The van der Waals surface area contributed by atoms with Crippen molar-refractivity contribution in [3.8, 4) is 0 Å². The fourth-order valence-corrected chi connectivity index (χ4v) is 1.77. The van der Waals surface area contributed by atoms with Crippen molar-refractivity contribution in [2.75, 3.05) is 25.6 Å². The van der Waals surface area contributed by atoms with Crippen LogP contribution in [0.3, 0.4) is 0 Å². The Morgan fingerprint density at radius 2 is 2.28 bits per heavy atom. The van der Waals surface area contributed by atoms with Crippen LogP contribution in [0.15, 0.2) is 12.3 Å². The molecule has 0 fully saturated rings. The second-order valence-electron chi connectivity index (χ2n) is 3.85. The topological polar surface area (TPSA) is 59.7 Å². The number of fused-ring (bicyclic) bond motifs is 1. The lowest BCUT2D eigenvalue weighted by Crippen LogP contribution is -2.14. The highest BCUT2D eigenvalue weighted by atomic mass is 35.5. The predicted octanol–water partition coefficient (Wildman–Crippen LogP) is 1.63. The lowest BCUT2D eigenvalue weighted by Gasteiger charge is -2.13. The number of anilines is 1. The minimum Gasteiger partial charge on any atom is -0.462 e. The van der Waals surface area contributed by atoms with E-state index >= 15 is 0 Å². The number of hydrogen-bond donors (Lipinski definition) is 0. The molecule has 2 aromatic rings. The van der Waals surface area contributed by atoms with Gasteiger partial charge in [-0.05, 0) is 6.92 Å². The summed E-state index contributed by atoms with van der Waals surface area (Å²) >= 11 is 5.95. The number of nitrogens with zero attached hydrogens (tertiary/aromatic N) is 4. The van der Waals surface area contributed by atoms with Crippen LogP contribution in [0.5, 0.6) is 0 Å². The van der Waals surface area contributed by atoms with Gasteiger partial charge in [0.2, 0.25) is 0 Å². The van der Waals surface area contributed by atoms with Gasteiger partial charge in [-0.15, -0.1) is 0 Å². The molecule has 0 aromatic carbocycles. The second kappa shape index (κ2) is 4.81. The van der Waals surface area contributed by atoms with Crippen LogP contribution in [0.2, 0.25) is 5.15 Å². The second-order valence-corrected chi connectivity index (χ2v) is 4.23. The number of ether oxygens (including phenoxy) is 1. The predicted molar refractivity (Wildman–Crippen MR) is 68.3 cm³/mol. The summed E-state index contributed by atoms with van der Waals surface area (Å²) in [6, 6.07) is 1.68. The van der Waals surface area contributed by atoms with E-state index in [1.54, 1.807) is 17.5 Å². The Labute approximate surface area is 109 Å². The lowest BCUT2D eigenvalue weighted by molar-refractivity contribution is 0.0528. The van der Waals surface area contributed by atoms with Gasteiger partial charge in [0.1, 0.15) is 16.5 Å². The van der Waals surface area contributed by atoms with E-state index in [0.717, 1.165) is 5.82 Å². The lowest BCUT2D eigenvalue weighted by atomic mass is 10.3. The maximum Gasteiger partial charge on any atom is 0.343 e. The maximum absolute atomic E-state index is 11.7. The third-order valence-electron chi connectivity index (χ3n) is 2.38. The van der Waals surface area contributed by atoms with Gasteiger partial charge in [-0.2, -0.15) is 9.61 Å². The van der Waals surface area contributed by atoms with Crippen molar-refractivity contribution in [2.45, 2.75) is 6.92 Å². The molecule has 0 bridgehead atoms. The summed E-state index contributed by atoms with van der Waals surface area (Å²) in [7, 11) is 3.72. The number of halogens is 1. The monoisotopic (exact) mass is 268 g/mol. The van der Waals surface area contributed by atoms with Crippen LogP contribution >= 0.6 is 11.6 Å². The van der Waals surface area contributed by atoms with Crippen LogP contribution in [0, 0.1) is 0 Å². The van der Waals surface area contributed by atoms with E-state index in [2.05, 4.69) is 10.1 Å². The molecule has 0 radical (unpaired) electrons. The number of hydrogen-bond acceptors (Lipinski definition) is 5. The van der Waals surface area contributed by atoms with E-state index in [-0.39, 0.29) is 0 Å². The SMILES string of the molecule is CCOC(=O)c1cnn2c(N(C)C)cc(Cl)nc12. The van der Waals surface area contributed by atoms with Gasteiger partial charge < -0.3 is 9.64 Å². The summed E-state index contributed by atoms with van der Waals surface area (Å²) < 4.78 is 6.50. The molecule has 0 amide bonds. The quantitative estimate of drug-likeness (QED) is 0.625. The number of carbonyl (C=O) groups excluding carboxylic acids is 1. The van der Waals surface area contributed by atoms with Crippen molar-refractivity contribution in [1.29, 1.82) is 0 Å². The first-order chi connectivity index (χ1) is 8.54. The van der Waals surface area contributed by atoms with Gasteiger partial charge in [0.15, 0.2) is 5.65 Å². The van der Waals surface area contributed by atoms with Crippen LogP contribution in [-0.4, -0.2) is 41.3 Å². The molecular weight excluding hydrogens is 256 g/mol. The smallest absolute Gasteiger partial charge is 0.343 e. The zero-order valence-corrected chi connectivity index (χ0v) is 11.1. The van der Waals surface area contributed by atoms with E-state index in [1.165, 1.54) is 6.20 Å². The Morgan fingerprint density at radius 1 is 1.56 bits per heavy atom. The molecule has 0 aliphatic heterocycles. The van der Waals surface area contributed by atoms with Crippen molar-refractivity contribution in [3.63, 3.8) is 0 Å². The van der Waals surface area contributed by atoms with Crippen LogP contribution < -0.4 is 4.90 Å². The first-order valence-electron chi connectivity index (χ1n) is 5.43. The Bertz CT molecular complexity index is 594. The summed E-state index contributed by atoms with van der Waals surface area (Å²) in [5.41, 5.74) is 0.701. The maximum atomic E-state index is 11.7. The van der Waals surface area contributed by atoms with Gasteiger partial charge in [0.25, 0.3) is 0 Å². The average Bonchev–Trinajstić information content (AvgIpc) is 2.71. The van der Waals surface area contributed by atoms with Gasteiger partial charge in [-0.25, -0.2) is 9.78 Å². The van der Waals surface area contributed by atoms with E-state index in [1.807, 2.05) is 19.0 Å². The largest absolute Gasteiger partial charge is 0.462 e. The fraction of sp³-hybridized carbons (Fsp3) is 0.364. The molecule has 0 spiro atoms. The highest BCUT2D eigenvalue weighted by Crippen LogP contribution is 2.21. The number of rotatable bonds is 3. The molecule has 6 nitrogen and oxygen atoms in total. The third kappa shape index (κ3) is 2.11. The van der Waals surface area contributed by atoms with E-state index < -0.39 is 5.97 Å². The first kappa shape index (κ1) is 12.6. The summed E-state index contributed by atoms with van der Waals surface area (Å²) in [5.74, 6) is 0.285. The zero-order chi connectivity index (χ0) is 13.3. The highest BCUT2D eigenvalue weighted by molar-refractivity contribution is 6.29. The van der Waals surface area contributed by atoms with Gasteiger partial charge in [-0.1, -0.05) is 11.6 Å². The van der Waals surface area contributed by atoms with Crippen molar-refractivity contribution in [1.82, 2.24) is 14.6 Å². The molecule has 2 heterocycles. The summed E-state index contributed by atoms with van der Waals surface area (Å²) in [6.45, 7) is 2.05. The molecule has 7 heteroatoms. The van der Waals surface area contributed by atoms with Crippen molar-refractivity contribution < 1.29 is 9.53 Å². The molecule has 0 N–H and O–H groups in total. The van der Waals surface area contributed by atoms with E-state index in [9.17, 15) is 4.79 Å². The molecule has 0 saturated carbocycles. The highest BCUT2D eigenvalue weighted by Gasteiger charge is 2.18. The summed E-state index contributed by atoms with van der Waals surface area (Å²) in [5, 5.41) is 4.44. The van der Waals surface area contributed by atoms with Crippen LogP contribution in [-0.2, 0) is 4.74 Å². The normalized spacial score (nSPS) is 10.7. The molecule has 2 aromatic heterocycles. The fourth-order valence-electron chi connectivity index (χ4n) is 1.59. The molecule has 0 aliphatic carbocycles. The molecule has 0 saturated heterocycles. The minimum absolute atomic E-state index is 0.303. The molecule has 0 aliphatic rings. The number of esters is 1. The molecule has 0 unspecified atom stereocenters. The Balaban J connectivity index is 2.62. The summed E-state index contributed by atoms with van der Waals surface area (Å²) in [6.07, 6.45) is 1.43. The number of carbonyl (C=O) groups is 1. The van der Waals surface area contributed by atoms with E-state index in [4.69, 9.17) is 16.3 Å². The molecular formula is C11H13ClN4O2. The first-order valence-corrected chi connectivity index (χ1v) is 5.81. The molecule has 96 valence electrons. The van der Waals surface area contributed by atoms with Gasteiger partial charge >= 0.3 is 5.97 Å². The van der Waals surface area contributed by atoms with Crippen molar-refractivity contribution in [3.05, 3.63) is 23.0 Å². The minimum atomic E-state index is -0.452. The van der Waals surface area contributed by atoms with Crippen LogP contribution in [0.1, 0.15) is 17.3 Å².